The number of nitrogens with zero attached hydrogens (tertiary/aromatic N) is 4. The molecule has 0 saturated heterocycles. The number of anilines is 2. The van der Waals surface area contributed by atoms with Crippen molar-refractivity contribution in [3.8, 4) is 22.6 Å². The fraction of sp³-hybridized carbons (Fsp3) is 0.0755. The van der Waals surface area contributed by atoms with Gasteiger partial charge in [0.1, 0.15) is 0 Å². The second-order valence-electron chi connectivity index (χ2n) is 15.4. The van der Waals surface area contributed by atoms with E-state index in [1.807, 2.05) is 18.3 Å². The molecule has 0 amide bonds. The molecule has 10 rings (SSSR count). The molecule has 0 atom stereocenters. The first kappa shape index (κ1) is 34.3. The van der Waals surface area contributed by atoms with Crippen LogP contribution in [0.15, 0.2) is 212 Å². The maximum absolute atomic E-state index is 4.72. The molecule has 1 aliphatic carbocycles. The Morgan fingerprint density at radius 1 is 0.649 bits per heavy atom. The van der Waals surface area contributed by atoms with E-state index in [9.17, 15) is 0 Å². The standard InChI is InChI=1S/C53H42N4/c1-37-35-44(21-14-16-38-15-10-11-22-48(38)53(37,2)3)56(43-27-24-39(25-28-43)49-23-12-13-33-54-49)45-29-31-50-47(36-45)46-30-26-40-32-34-55(41-17-6-4-7-18-41)51(40)52(46)57(50)42-19-8-5-9-20-42/h4-15,17-36H,1,16H2,2-3H3/b21-14-,44-35+. The van der Waals surface area contributed by atoms with Crippen LogP contribution in [0.1, 0.15) is 25.0 Å². The second kappa shape index (κ2) is 13.8. The molecule has 0 radical (unpaired) electrons. The lowest BCUT2D eigenvalue weighted by Crippen LogP contribution is -2.22. The molecule has 9 aromatic rings. The van der Waals surface area contributed by atoms with Crippen LogP contribution in [-0.4, -0.2) is 14.1 Å². The Morgan fingerprint density at radius 3 is 2.14 bits per heavy atom. The van der Waals surface area contributed by atoms with E-state index in [4.69, 9.17) is 6.58 Å². The molecule has 0 N–H and O–H groups in total. The van der Waals surface area contributed by atoms with Gasteiger partial charge in [-0.25, -0.2) is 0 Å². The van der Waals surface area contributed by atoms with E-state index < -0.39 is 0 Å². The number of allylic oxidation sites excluding steroid dienone is 4. The van der Waals surface area contributed by atoms with Gasteiger partial charge in [-0.2, -0.15) is 0 Å². The van der Waals surface area contributed by atoms with Crippen LogP contribution in [0.25, 0.3) is 55.3 Å². The van der Waals surface area contributed by atoms with Crippen LogP contribution in [0.3, 0.4) is 0 Å². The van der Waals surface area contributed by atoms with Gasteiger partial charge in [-0.1, -0.05) is 117 Å². The molecule has 1 aliphatic rings. The van der Waals surface area contributed by atoms with Gasteiger partial charge in [0.2, 0.25) is 0 Å². The van der Waals surface area contributed by atoms with E-state index in [2.05, 4.69) is 209 Å². The summed E-state index contributed by atoms with van der Waals surface area (Å²) in [5.74, 6) is 0. The predicted octanol–water partition coefficient (Wildman–Crippen LogP) is 13.5. The third-order valence-electron chi connectivity index (χ3n) is 11.7. The van der Waals surface area contributed by atoms with E-state index in [-0.39, 0.29) is 5.41 Å². The predicted molar refractivity (Wildman–Crippen MR) is 239 cm³/mol. The van der Waals surface area contributed by atoms with Gasteiger partial charge in [-0.05, 0) is 108 Å². The first-order chi connectivity index (χ1) is 28.0. The minimum atomic E-state index is -0.269. The van der Waals surface area contributed by atoms with E-state index in [0.29, 0.717) is 0 Å². The lowest BCUT2D eigenvalue weighted by Gasteiger charge is -2.31. The van der Waals surface area contributed by atoms with Crippen molar-refractivity contribution in [1.82, 2.24) is 14.1 Å². The number of pyridine rings is 1. The summed E-state index contributed by atoms with van der Waals surface area (Å²) in [6.07, 6.45) is 11.7. The van der Waals surface area contributed by atoms with Crippen molar-refractivity contribution in [3.05, 3.63) is 223 Å². The van der Waals surface area contributed by atoms with Crippen LogP contribution >= 0.6 is 0 Å². The Morgan fingerprint density at radius 2 is 1.37 bits per heavy atom. The molecule has 0 fully saturated rings. The summed E-state index contributed by atoms with van der Waals surface area (Å²) in [5, 5.41) is 3.58. The highest BCUT2D eigenvalue weighted by Gasteiger charge is 2.28. The summed E-state index contributed by atoms with van der Waals surface area (Å²) < 4.78 is 4.76. The fourth-order valence-corrected chi connectivity index (χ4v) is 8.60. The van der Waals surface area contributed by atoms with E-state index in [1.165, 1.54) is 38.3 Å². The topological polar surface area (TPSA) is 26.0 Å². The van der Waals surface area contributed by atoms with Crippen LogP contribution in [0.5, 0.6) is 0 Å². The van der Waals surface area contributed by atoms with Crippen LogP contribution in [-0.2, 0) is 11.8 Å². The Kier molecular flexibility index (Phi) is 8.34. The monoisotopic (exact) mass is 734 g/mol. The molecule has 0 unspecified atom stereocenters. The number of fused-ring (bicyclic) bond motifs is 6. The average molecular weight is 735 g/mol. The Hall–Kier alpha value is -7.17. The minimum Gasteiger partial charge on any atom is -0.315 e. The zero-order chi connectivity index (χ0) is 38.5. The van der Waals surface area contributed by atoms with Crippen LogP contribution < -0.4 is 4.90 Å². The highest BCUT2D eigenvalue weighted by Crippen LogP contribution is 2.43. The normalized spacial score (nSPS) is 15.4. The van der Waals surface area contributed by atoms with Crippen LogP contribution in [0.4, 0.5) is 11.4 Å². The van der Waals surface area contributed by atoms with Gasteiger partial charge in [0, 0.05) is 68.0 Å². The number of hydrogen-bond acceptors (Lipinski definition) is 2. The van der Waals surface area contributed by atoms with Gasteiger partial charge in [0.05, 0.1) is 22.2 Å². The third-order valence-corrected chi connectivity index (χ3v) is 11.7. The Bertz CT molecular complexity index is 3000. The Labute approximate surface area is 333 Å². The van der Waals surface area contributed by atoms with Crippen molar-refractivity contribution in [3.63, 3.8) is 0 Å². The SMILES string of the molecule is C=C1/C=C(N(c2ccc(-c3ccccn3)cc2)c2ccc3c(c2)c2ccc4ccn(-c5ccccc5)c4c2n3-c2ccccc2)\C=C/Cc2ccccc2C1(C)C. The summed E-state index contributed by atoms with van der Waals surface area (Å²) in [6, 6.07) is 58.7. The molecule has 4 nitrogen and oxygen atoms in total. The van der Waals surface area contributed by atoms with E-state index >= 15 is 0 Å². The van der Waals surface area contributed by atoms with Crippen molar-refractivity contribution in [2.75, 3.05) is 4.90 Å². The smallest absolute Gasteiger partial charge is 0.0788 e. The highest BCUT2D eigenvalue weighted by molar-refractivity contribution is 6.18. The average Bonchev–Trinajstić information content (AvgIpc) is 3.85. The molecule has 6 aromatic carbocycles. The second-order valence-corrected chi connectivity index (χ2v) is 15.4. The molecule has 0 spiro atoms. The van der Waals surface area contributed by atoms with E-state index in [1.54, 1.807) is 0 Å². The minimum absolute atomic E-state index is 0.269. The van der Waals surface area contributed by atoms with Gasteiger partial charge in [0.15, 0.2) is 0 Å². The molecule has 274 valence electrons. The van der Waals surface area contributed by atoms with Crippen molar-refractivity contribution in [2.45, 2.75) is 25.7 Å². The molecular weight excluding hydrogens is 693 g/mol. The molecule has 4 heteroatoms. The summed E-state index contributed by atoms with van der Waals surface area (Å²) >= 11 is 0. The maximum Gasteiger partial charge on any atom is 0.0788 e. The van der Waals surface area contributed by atoms with Crippen molar-refractivity contribution in [1.29, 1.82) is 0 Å². The van der Waals surface area contributed by atoms with Crippen molar-refractivity contribution >= 4 is 44.1 Å². The fourth-order valence-electron chi connectivity index (χ4n) is 8.60. The van der Waals surface area contributed by atoms with Gasteiger partial charge >= 0.3 is 0 Å². The van der Waals surface area contributed by atoms with Crippen molar-refractivity contribution in [2.24, 2.45) is 0 Å². The molecule has 0 bridgehead atoms. The van der Waals surface area contributed by atoms with Crippen molar-refractivity contribution < 1.29 is 0 Å². The summed E-state index contributed by atoms with van der Waals surface area (Å²) in [6.45, 7) is 9.29. The number of para-hydroxylation sites is 2. The van der Waals surface area contributed by atoms with Crippen LogP contribution in [0, 0.1) is 0 Å². The first-order valence-electron chi connectivity index (χ1n) is 19.6. The molecule has 0 aliphatic heterocycles. The largest absolute Gasteiger partial charge is 0.315 e. The molecule has 3 heterocycles. The highest BCUT2D eigenvalue weighted by atomic mass is 15.1. The van der Waals surface area contributed by atoms with E-state index in [0.717, 1.165) is 57.2 Å². The molecule has 0 saturated carbocycles. The molecule has 3 aromatic heterocycles. The molecular formula is C53H42N4. The van der Waals surface area contributed by atoms with Gasteiger partial charge in [-0.15, -0.1) is 0 Å². The van der Waals surface area contributed by atoms with Gasteiger partial charge < -0.3 is 14.0 Å². The quantitative estimate of drug-likeness (QED) is 0.170. The zero-order valence-corrected chi connectivity index (χ0v) is 32.2. The third kappa shape index (κ3) is 5.89. The number of hydrogen-bond donors (Lipinski definition) is 0. The number of rotatable bonds is 6. The summed E-state index contributed by atoms with van der Waals surface area (Å²) in [7, 11) is 0. The van der Waals surface area contributed by atoms with Gasteiger partial charge in [-0.3, -0.25) is 4.98 Å². The van der Waals surface area contributed by atoms with Gasteiger partial charge in [0.25, 0.3) is 0 Å². The summed E-state index contributed by atoms with van der Waals surface area (Å²) in [5.41, 5.74) is 14.4. The lowest BCUT2D eigenvalue weighted by molar-refractivity contribution is 0.634. The number of aromatic nitrogens is 3. The summed E-state index contributed by atoms with van der Waals surface area (Å²) in [4.78, 5) is 7.01. The Balaban J connectivity index is 1.22. The zero-order valence-electron chi connectivity index (χ0n) is 32.2. The van der Waals surface area contributed by atoms with Crippen LogP contribution in [0.2, 0.25) is 0 Å². The maximum atomic E-state index is 4.72. The number of benzene rings is 6. The lowest BCUT2D eigenvalue weighted by atomic mass is 9.75. The first-order valence-corrected chi connectivity index (χ1v) is 19.6. The molecule has 57 heavy (non-hydrogen) atoms.